The third kappa shape index (κ3) is 5.20. The van der Waals surface area contributed by atoms with E-state index in [0.717, 1.165) is 24.2 Å². The Kier molecular flexibility index (Phi) is 6.26. The minimum absolute atomic E-state index is 0.101. The van der Waals surface area contributed by atoms with Gasteiger partial charge in [-0.2, -0.15) is 5.10 Å². The molecule has 140 valence electrons. The second kappa shape index (κ2) is 9.03. The highest BCUT2D eigenvalue weighted by molar-refractivity contribution is 5.80. The van der Waals surface area contributed by atoms with Gasteiger partial charge in [0.2, 0.25) is 0 Å². The first-order valence-electron chi connectivity index (χ1n) is 9.23. The lowest BCUT2D eigenvalue weighted by Gasteiger charge is -2.14. The van der Waals surface area contributed by atoms with E-state index < -0.39 is 6.10 Å². The van der Waals surface area contributed by atoms with Crippen molar-refractivity contribution in [2.24, 2.45) is 0 Å². The van der Waals surface area contributed by atoms with Gasteiger partial charge in [-0.05, 0) is 56.5 Å². The van der Waals surface area contributed by atoms with Crippen LogP contribution in [0.3, 0.4) is 0 Å². The molecule has 0 aliphatic carbocycles. The number of benzene rings is 2. The van der Waals surface area contributed by atoms with Crippen molar-refractivity contribution in [2.75, 3.05) is 6.54 Å². The lowest BCUT2D eigenvalue weighted by Crippen LogP contribution is -2.36. The zero-order valence-electron chi connectivity index (χ0n) is 15.8. The molecule has 0 unspecified atom stereocenters. The van der Waals surface area contributed by atoms with Crippen LogP contribution in [0.2, 0.25) is 0 Å². The number of nitrogens with one attached hydrogen (secondary N) is 1. The fourth-order valence-electron chi connectivity index (χ4n) is 2.85. The van der Waals surface area contributed by atoms with Gasteiger partial charge >= 0.3 is 0 Å². The number of hydrogen-bond acceptors (Lipinski definition) is 3. The molecule has 0 aliphatic heterocycles. The summed E-state index contributed by atoms with van der Waals surface area (Å²) in [5.41, 5.74) is 3.26. The molecule has 3 aromatic rings. The second-order valence-corrected chi connectivity index (χ2v) is 6.49. The Morgan fingerprint density at radius 2 is 1.78 bits per heavy atom. The number of carbonyl (C=O) groups is 1. The van der Waals surface area contributed by atoms with Gasteiger partial charge in [0, 0.05) is 12.7 Å². The van der Waals surface area contributed by atoms with Gasteiger partial charge in [-0.1, -0.05) is 36.4 Å². The lowest BCUT2D eigenvalue weighted by molar-refractivity contribution is -0.127. The van der Waals surface area contributed by atoms with Gasteiger partial charge in [0.15, 0.2) is 6.10 Å². The summed E-state index contributed by atoms with van der Waals surface area (Å²) in [6.45, 7) is 4.39. The van der Waals surface area contributed by atoms with Crippen LogP contribution in [0.5, 0.6) is 5.75 Å². The van der Waals surface area contributed by atoms with Crippen molar-refractivity contribution in [3.63, 3.8) is 0 Å². The van der Waals surface area contributed by atoms with Gasteiger partial charge in [-0.25, -0.2) is 4.68 Å². The average molecular weight is 363 g/mol. The number of aryl methyl sites for hydroxylation is 2. The van der Waals surface area contributed by atoms with Crippen molar-refractivity contribution in [3.05, 3.63) is 78.1 Å². The van der Waals surface area contributed by atoms with Gasteiger partial charge in [0.25, 0.3) is 5.91 Å². The third-order valence-electron chi connectivity index (χ3n) is 4.37. The van der Waals surface area contributed by atoms with Gasteiger partial charge in [-0.15, -0.1) is 0 Å². The number of aromatic nitrogens is 2. The number of carbonyl (C=O) groups excluding carboxylic acids is 1. The fraction of sp³-hybridized carbons (Fsp3) is 0.273. The van der Waals surface area contributed by atoms with Crippen LogP contribution in [0.1, 0.15) is 24.6 Å². The Hall–Kier alpha value is -3.08. The van der Waals surface area contributed by atoms with Crippen molar-refractivity contribution < 1.29 is 9.53 Å². The topological polar surface area (TPSA) is 56.2 Å². The summed E-state index contributed by atoms with van der Waals surface area (Å²) in [5.74, 6) is 0.597. The van der Waals surface area contributed by atoms with Crippen LogP contribution in [0.25, 0.3) is 5.69 Å². The van der Waals surface area contributed by atoms with Gasteiger partial charge in [-0.3, -0.25) is 4.79 Å². The number of para-hydroxylation sites is 2. The maximum absolute atomic E-state index is 12.2. The molecule has 0 bridgehead atoms. The van der Waals surface area contributed by atoms with Crippen molar-refractivity contribution in [1.29, 1.82) is 0 Å². The molecule has 5 nitrogen and oxygen atoms in total. The molecule has 0 aliphatic rings. The Morgan fingerprint density at radius 3 is 2.48 bits per heavy atom. The minimum atomic E-state index is -0.519. The van der Waals surface area contributed by atoms with Crippen LogP contribution in [0.4, 0.5) is 0 Å². The fourth-order valence-corrected chi connectivity index (χ4v) is 2.85. The van der Waals surface area contributed by atoms with Gasteiger partial charge in [0.05, 0.1) is 11.4 Å². The molecule has 2 aromatic carbocycles. The van der Waals surface area contributed by atoms with E-state index in [-0.39, 0.29) is 5.91 Å². The maximum Gasteiger partial charge on any atom is 0.260 e. The van der Waals surface area contributed by atoms with E-state index in [1.165, 1.54) is 5.56 Å². The maximum atomic E-state index is 12.2. The molecule has 1 aromatic heterocycles. The van der Waals surface area contributed by atoms with Gasteiger partial charge in [0.1, 0.15) is 5.75 Å². The molecule has 1 atom stereocenters. The summed E-state index contributed by atoms with van der Waals surface area (Å²) in [5, 5.41) is 7.52. The van der Waals surface area contributed by atoms with Crippen molar-refractivity contribution in [2.45, 2.75) is 32.8 Å². The molecule has 1 N–H and O–H groups in total. The third-order valence-corrected chi connectivity index (χ3v) is 4.37. The predicted octanol–water partition coefficient (Wildman–Crippen LogP) is 3.70. The first-order valence-corrected chi connectivity index (χ1v) is 9.23. The number of amides is 1. The molecule has 0 saturated heterocycles. The molecule has 0 saturated carbocycles. The molecule has 1 heterocycles. The average Bonchev–Trinajstić information content (AvgIpc) is 3.07. The van der Waals surface area contributed by atoms with E-state index in [4.69, 9.17) is 4.74 Å². The monoisotopic (exact) mass is 363 g/mol. The molecule has 0 spiro atoms. The summed E-state index contributed by atoms with van der Waals surface area (Å²) in [6.07, 6.45) is 3.26. The van der Waals surface area contributed by atoms with Crippen molar-refractivity contribution >= 4 is 5.91 Å². The van der Waals surface area contributed by atoms with E-state index in [1.54, 1.807) is 6.92 Å². The summed E-state index contributed by atoms with van der Waals surface area (Å²) < 4.78 is 7.54. The Bertz CT molecular complexity index is 860. The summed E-state index contributed by atoms with van der Waals surface area (Å²) in [4.78, 5) is 12.2. The minimum Gasteiger partial charge on any atom is -0.481 e. The van der Waals surface area contributed by atoms with E-state index >= 15 is 0 Å². The van der Waals surface area contributed by atoms with Crippen LogP contribution in [0.15, 0.2) is 66.9 Å². The molecule has 3 rings (SSSR count). The van der Waals surface area contributed by atoms with Crippen LogP contribution < -0.4 is 10.1 Å². The summed E-state index contributed by atoms with van der Waals surface area (Å²) in [6, 6.07) is 19.4. The molecular formula is C22H25N3O2. The van der Waals surface area contributed by atoms with Crippen molar-refractivity contribution in [1.82, 2.24) is 15.1 Å². The highest BCUT2D eigenvalue weighted by atomic mass is 16.5. The highest BCUT2D eigenvalue weighted by Gasteiger charge is 2.14. The number of rotatable bonds is 8. The standard InChI is InChI=1S/C22H25N3O2/c1-17-19(16-25(24-17)20-11-5-3-6-12-20)10-9-15-23-22(26)18(2)27-21-13-7-4-8-14-21/h3-8,11-14,16,18H,9-10,15H2,1-2H3,(H,23,26)/t18-/m0/s1. The Morgan fingerprint density at radius 1 is 1.11 bits per heavy atom. The van der Waals surface area contributed by atoms with E-state index in [2.05, 4.69) is 16.6 Å². The van der Waals surface area contributed by atoms with Crippen LogP contribution >= 0.6 is 0 Å². The second-order valence-electron chi connectivity index (χ2n) is 6.49. The van der Waals surface area contributed by atoms with E-state index in [1.807, 2.05) is 72.3 Å². The normalized spacial score (nSPS) is 11.8. The van der Waals surface area contributed by atoms with Crippen molar-refractivity contribution in [3.8, 4) is 11.4 Å². The van der Waals surface area contributed by atoms with E-state index in [9.17, 15) is 4.79 Å². The van der Waals surface area contributed by atoms with Gasteiger partial charge < -0.3 is 10.1 Å². The molecule has 27 heavy (non-hydrogen) atoms. The van der Waals surface area contributed by atoms with Crippen LogP contribution in [-0.4, -0.2) is 28.3 Å². The smallest absolute Gasteiger partial charge is 0.260 e. The first-order chi connectivity index (χ1) is 13.1. The Labute approximate surface area is 160 Å². The van der Waals surface area contributed by atoms with E-state index in [0.29, 0.717) is 12.3 Å². The quantitative estimate of drug-likeness (QED) is 0.621. The lowest BCUT2D eigenvalue weighted by atomic mass is 10.1. The number of nitrogens with zero attached hydrogens (tertiary/aromatic N) is 2. The molecule has 0 fully saturated rings. The zero-order chi connectivity index (χ0) is 19.1. The molecule has 5 heteroatoms. The number of ether oxygens (including phenoxy) is 1. The zero-order valence-corrected chi connectivity index (χ0v) is 15.8. The highest BCUT2D eigenvalue weighted by Crippen LogP contribution is 2.13. The number of hydrogen-bond donors (Lipinski definition) is 1. The molecular weight excluding hydrogens is 338 g/mol. The predicted molar refractivity (Wildman–Crippen MR) is 106 cm³/mol. The van der Waals surface area contributed by atoms with Crippen LogP contribution in [0, 0.1) is 6.92 Å². The Balaban J connectivity index is 1.45. The summed E-state index contributed by atoms with van der Waals surface area (Å²) in [7, 11) is 0. The molecule has 1 amide bonds. The molecule has 0 radical (unpaired) electrons. The first kappa shape index (κ1) is 18.7. The summed E-state index contributed by atoms with van der Waals surface area (Å²) >= 11 is 0. The largest absolute Gasteiger partial charge is 0.481 e. The van der Waals surface area contributed by atoms with Crippen LogP contribution in [-0.2, 0) is 11.2 Å². The SMILES string of the molecule is Cc1nn(-c2ccccc2)cc1CCCNC(=O)[C@H](C)Oc1ccccc1.